The second-order valence-corrected chi connectivity index (χ2v) is 31.4. The van der Waals surface area contributed by atoms with Crippen molar-refractivity contribution < 1.29 is 296 Å². The van der Waals surface area contributed by atoms with Crippen molar-refractivity contribution in [2.24, 2.45) is 20.5 Å². The minimum atomic E-state index is -5.68. The van der Waals surface area contributed by atoms with Gasteiger partial charge in [-0.25, -0.2) is 67.3 Å². The van der Waals surface area contributed by atoms with Gasteiger partial charge in [0.05, 0.1) is 83.4 Å². The molecule has 0 unspecified atom stereocenters. The van der Waals surface area contributed by atoms with Crippen LogP contribution in [0.1, 0.15) is 0 Å². The van der Waals surface area contributed by atoms with E-state index in [1.54, 1.807) is 0 Å². The number of aromatic hydroxyl groups is 2. The van der Waals surface area contributed by atoms with E-state index >= 15 is 0 Å². The zero-order valence-electron chi connectivity index (χ0n) is 53.3. The Labute approximate surface area is 727 Å². The average molecular weight is 1680 g/mol. The first kappa shape index (κ1) is 96.8. The molecule has 0 atom stereocenters. The van der Waals surface area contributed by atoms with Gasteiger partial charge in [0.2, 0.25) is 55.2 Å². The predicted octanol–water partition coefficient (Wildman–Crippen LogP) is -15.5. The van der Waals surface area contributed by atoms with Crippen LogP contribution in [-0.4, -0.2) is 191 Å². The van der Waals surface area contributed by atoms with E-state index in [2.05, 4.69) is 74.7 Å². The Balaban J connectivity index is 0.00000601. The van der Waals surface area contributed by atoms with Crippen LogP contribution in [0.4, 0.5) is 57.9 Å². The third kappa shape index (κ3) is 26.7. The fraction of sp³-hybridized carbons (Fsp3) is 0.174. The minimum absolute atomic E-state index is 0. The topological polar surface area (TPSA) is 657 Å². The standard InChI is InChI=1S/C46H42Cl2N14O27S8.6Na/c47-41-52-43(56-44(53-41)50-31-21-29(92(70,71)72)17-23-19-33(94(76,77)78)37(39(64)35(23)31)60-58-25-1-5-27(6-2-25)90(66,67)15-13-88-96(82,83)84)49-9-10-62(11-12-63)46-55-42(48)54-45(57-46)51-32-22-30(93(73,74)75)18-24-20-34(95(79,80)81)38(40(65)36(24)32)61-59-26-3-7-28(8-4-26)91(68,69)16-14-89-97(85,86)87;;;;;;/h1-8,17-22,63-65H,9-16H2,(H,70,71,72)(H,73,74,75)(H,76,77,78)(H,79,80,81)(H,82,83,84)(H,85,86,87)(H,51,54,55,57)(H2,49,50,52,53,56);;;;;;/q;6*+1/p-6. The molecule has 0 aliphatic heterocycles. The van der Waals surface area contributed by atoms with Crippen molar-refractivity contribution in [2.45, 2.75) is 29.4 Å². The molecule has 0 aliphatic rings. The van der Waals surface area contributed by atoms with Crippen molar-refractivity contribution in [1.82, 2.24) is 29.9 Å². The van der Waals surface area contributed by atoms with E-state index < -0.39 is 226 Å². The fourth-order valence-electron chi connectivity index (χ4n) is 8.36. The Morgan fingerprint density at radius 2 is 0.816 bits per heavy atom. The summed E-state index contributed by atoms with van der Waals surface area (Å²) in [6, 6.07) is 11.2. The molecule has 8 aromatic rings. The van der Waals surface area contributed by atoms with E-state index in [9.17, 15) is 110 Å². The van der Waals surface area contributed by atoms with Crippen LogP contribution in [0.25, 0.3) is 21.5 Å². The van der Waals surface area contributed by atoms with Crippen molar-refractivity contribution in [1.29, 1.82) is 0 Å². The number of hydrogen-bond acceptors (Lipinski definition) is 41. The van der Waals surface area contributed by atoms with E-state index in [0.29, 0.717) is 36.4 Å². The third-order valence-corrected chi connectivity index (χ3v) is 20.4. The average Bonchev–Trinajstić information content (AvgIpc) is 0.753. The number of fused-ring (bicyclic) bond motifs is 2. The normalized spacial score (nSPS) is 12.3. The summed E-state index contributed by atoms with van der Waals surface area (Å²) in [6.45, 7) is -3.59. The summed E-state index contributed by atoms with van der Waals surface area (Å²) >= 11 is 12.5. The monoisotopic (exact) mass is 1680 g/mol. The number of rotatable bonds is 29. The number of anilines is 6. The molecule has 2 aromatic heterocycles. The molecule has 0 radical (unpaired) electrons. The zero-order chi connectivity index (χ0) is 71.6. The number of azo groups is 2. The van der Waals surface area contributed by atoms with Crippen LogP contribution in [0.15, 0.2) is 135 Å². The van der Waals surface area contributed by atoms with Gasteiger partial charge in [-0.05, 0) is 119 Å². The van der Waals surface area contributed by atoms with E-state index in [1.165, 1.54) is 4.90 Å². The second-order valence-electron chi connectivity index (χ2n) is 19.0. The third-order valence-electron chi connectivity index (χ3n) is 12.5. The zero-order valence-corrected chi connectivity index (χ0v) is 73.4. The van der Waals surface area contributed by atoms with Crippen molar-refractivity contribution in [2.75, 3.05) is 71.8 Å². The molecule has 0 bridgehead atoms. The van der Waals surface area contributed by atoms with Crippen molar-refractivity contribution >= 4 is 184 Å². The van der Waals surface area contributed by atoms with Crippen LogP contribution in [0.5, 0.6) is 11.5 Å². The smallest absolute Gasteiger partial charge is 0.744 e. The molecular formula is C46H36Cl2N14Na6O27S8. The number of nitrogens with one attached hydrogen (secondary N) is 3. The molecule has 41 nitrogen and oxygen atoms in total. The van der Waals surface area contributed by atoms with Gasteiger partial charge in [0.25, 0.3) is 0 Å². The largest absolute Gasteiger partial charge is 1.00 e. The van der Waals surface area contributed by atoms with Crippen molar-refractivity contribution in [3.05, 3.63) is 95.5 Å². The second kappa shape index (κ2) is 39.0. The Morgan fingerprint density at radius 3 is 1.17 bits per heavy atom. The first-order valence-corrected chi connectivity index (χ1v) is 37.9. The van der Waals surface area contributed by atoms with Gasteiger partial charge >= 0.3 is 177 Å². The molecule has 520 valence electrons. The van der Waals surface area contributed by atoms with Crippen LogP contribution < -0.4 is 198 Å². The molecule has 103 heavy (non-hydrogen) atoms. The van der Waals surface area contributed by atoms with Gasteiger partial charge in [0.15, 0.2) is 31.2 Å². The van der Waals surface area contributed by atoms with Gasteiger partial charge in [-0.1, -0.05) is 0 Å². The fourth-order valence-corrected chi connectivity index (χ4v) is 14.0. The van der Waals surface area contributed by atoms with Crippen LogP contribution in [-0.2, 0) is 89.3 Å². The molecule has 6 aromatic carbocycles. The van der Waals surface area contributed by atoms with Gasteiger partial charge in [0.1, 0.15) is 51.8 Å². The van der Waals surface area contributed by atoms with Crippen LogP contribution in [0, 0.1) is 0 Å². The maximum absolute atomic E-state index is 12.7. The summed E-state index contributed by atoms with van der Waals surface area (Å²) in [4.78, 5) is 19.7. The Morgan fingerprint density at radius 1 is 0.447 bits per heavy atom. The SMILES string of the molecule is O=S(=O)([O-])OCCS(=O)(=O)c1ccc(N=Nc2c(S(=O)(=O)[O-])cc3cc(S(=O)(=O)[O-])cc(Nc4nc(Cl)nc(NCCN(CCO)c5nc(Cl)nc(Nc6cc(S(=O)(=O)[O-])cc7cc(S(=O)(=O)[O-])c(N=Nc8ccc(S(=O)(=O)CCOS(=O)(=O)[O-])cc8)c(O)c67)n5)n4)c3c2O)cc1.[Na+].[Na+].[Na+].[Na+].[Na+].[Na+]. The van der Waals surface area contributed by atoms with Crippen molar-refractivity contribution in [3.63, 3.8) is 0 Å². The van der Waals surface area contributed by atoms with Crippen molar-refractivity contribution in [3.8, 4) is 11.5 Å². The summed E-state index contributed by atoms with van der Waals surface area (Å²) < 4.78 is 273. The molecule has 0 spiro atoms. The van der Waals surface area contributed by atoms with Crippen LogP contribution in [0.2, 0.25) is 10.6 Å². The number of phenolic OH excluding ortho intramolecular Hbond substituents is 2. The van der Waals surface area contributed by atoms with Crippen LogP contribution in [0.3, 0.4) is 0 Å². The summed E-state index contributed by atoms with van der Waals surface area (Å²) in [5.74, 6) is -6.36. The van der Waals surface area contributed by atoms with Gasteiger partial charge in [-0.2, -0.15) is 40.1 Å². The first-order valence-electron chi connectivity index (χ1n) is 25.6. The Hall–Kier alpha value is -2.32. The minimum Gasteiger partial charge on any atom is -0.744 e. The summed E-state index contributed by atoms with van der Waals surface area (Å²) in [6.07, 6.45) is 0. The number of phenols is 2. The Bertz CT molecular complexity index is 5540. The molecule has 8 rings (SSSR count). The number of hydrogen-bond donors (Lipinski definition) is 6. The number of aromatic nitrogens is 6. The number of aliphatic hydroxyl groups excluding tert-OH is 1. The summed E-state index contributed by atoms with van der Waals surface area (Å²) in [5, 5.41) is 52.5. The molecule has 0 amide bonds. The maximum Gasteiger partial charge on any atom is 1.00 e. The maximum atomic E-state index is 12.7. The molecular weight excluding hydrogens is 1650 g/mol. The molecule has 0 saturated carbocycles. The summed E-state index contributed by atoms with van der Waals surface area (Å²) in [7, 11) is -41.3. The number of nitrogens with zero attached hydrogens (tertiary/aromatic N) is 11. The van der Waals surface area contributed by atoms with E-state index in [0.717, 1.165) is 48.5 Å². The van der Waals surface area contributed by atoms with Crippen LogP contribution >= 0.6 is 23.2 Å². The predicted molar refractivity (Wildman–Crippen MR) is 324 cm³/mol. The van der Waals surface area contributed by atoms with Gasteiger partial charge in [-0.3, -0.25) is 8.37 Å². The molecule has 0 fully saturated rings. The van der Waals surface area contributed by atoms with Gasteiger partial charge in [0, 0.05) is 30.4 Å². The number of sulfone groups is 2. The quantitative estimate of drug-likeness (QED) is 0.0110. The molecule has 0 aliphatic carbocycles. The number of aliphatic hydroxyl groups is 1. The first-order chi connectivity index (χ1) is 44.9. The van der Waals surface area contributed by atoms with Gasteiger partial charge in [-0.15, -0.1) is 10.2 Å². The molecule has 6 N–H and O–H groups in total. The number of halogens is 2. The molecule has 0 saturated heterocycles. The summed E-state index contributed by atoms with van der Waals surface area (Å²) in [5.41, 5.74) is -3.91. The molecule has 57 heteroatoms. The Kier molecular flexibility index (Phi) is 36.7. The van der Waals surface area contributed by atoms with E-state index in [-0.39, 0.29) is 214 Å². The molecule has 2 heterocycles. The van der Waals surface area contributed by atoms with E-state index in [4.69, 9.17) is 23.2 Å². The number of benzene rings is 6. The van der Waals surface area contributed by atoms with Gasteiger partial charge < -0.3 is 63.5 Å². The van der Waals surface area contributed by atoms with E-state index in [1.807, 2.05) is 0 Å².